The third-order valence-corrected chi connectivity index (χ3v) is 5.53. The molecule has 1 amide bonds. The van der Waals surface area contributed by atoms with Gasteiger partial charge in [-0.3, -0.25) is 9.69 Å². The molecule has 1 aromatic heterocycles. The van der Waals surface area contributed by atoms with Gasteiger partial charge in [-0.1, -0.05) is 42.5 Å². The highest BCUT2D eigenvalue weighted by Crippen LogP contribution is 2.25. The first kappa shape index (κ1) is 18.6. The molecule has 1 N–H and O–H groups in total. The molecular formula is C20H21N3OS2. The number of para-hydroxylation sites is 1. The Kier molecular flexibility index (Phi) is 6.44. The first-order valence-corrected chi connectivity index (χ1v) is 10.4. The summed E-state index contributed by atoms with van der Waals surface area (Å²) in [5.74, 6) is -0.0208. The van der Waals surface area contributed by atoms with Gasteiger partial charge in [0.25, 0.3) is 0 Å². The largest absolute Gasteiger partial charge is 0.324 e. The molecule has 26 heavy (non-hydrogen) atoms. The van der Waals surface area contributed by atoms with Gasteiger partial charge in [-0.05, 0) is 25.4 Å². The van der Waals surface area contributed by atoms with Crippen molar-refractivity contribution in [3.05, 3.63) is 65.7 Å². The Morgan fingerprint density at radius 2 is 1.88 bits per heavy atom. The van der Waals surface area contributed by atoms with E-state index in [4.69, 9.17) is 0 Å². The van der Waals surface area contributed by atoms with Crippen LogP contribution < -0.4 is 5.32 Å². The highest BCUT2D eigenvalue weighted by atomic mass is 32.2. The maximum Gasteiger partial charge on any atom is 0.238 e. The van der Waals surface area contributed by atoms with Crippen LogP contribution in [0.2, 0.25) is 0 Å². The number of hydrogen-bond acceptors (Lipinski definition) is 5. The number of nitrogens with zero attached hydrogens (tertiary/aromatic N) is 2. The van der Waals surface area contributed by atoms with Crippen LogP contribution in [0.15, 0.2) is 64.9 Å². The Morgan fingerprint density at radius 1 is 1.15 bits per heavy atom. The van der Waals surface area contributed by atoms with Crippen molar-refractivity contribution in [1.29, 1.82) is 0 Å². The molecule has 0 bridgehead atoms. The SMILES string of the molecule is CSc1ccccc1NC(=O)CN(C)Cc1csc(-c2ccccc2)n1. The van der Waals surface area contributed by atoms with E-state index in [2.05, 4.69) is 27.8 Å². The second kappa shape index (κ2) is 8.98. The van der Waals surface area contributed by atoms with E-state index in [1.807, 2.05) is 60.7 Å². The number of hydrogen-bond donors (Lipinski definition) is 1. The third-order valence-electron chi connectivity index (χ3n) is 3.80. The Hall–Kier alpha value is -2.15. The Bertz CT molecular complexity index is 864. The average Bonchev–Trinajstić information content (AvgIpc) is 3.11. The quantitative estimate of drug-likeness (QED) is 0.606. The zero-order valence-corrected chi connectivity index (χ0v) is 16.4. The molecule has 134 valence electrons. The average molecular weight is 384 g/mol. The van der Waals surface area contributed by atoms with Gasteiger partial charge in [0.15, 0.2) is 0 Å². The minimum atomic E-state index is -0.0208. The molecule has 6 heteroatoms. The van der Waals surface area contributed by atoms with E-state index >= 15 is 0 Å². The number of likely N-dealkylation sites (N-methyl/N-ethyl adjacent to an activating group) is 1. The zero-order chi connectivity index (χ0) is 18.4. The fraction of sp³-hybridized carbons (Fsp3) is 0.200. The normalized spacial score (nSPS) is 10.9. The fourth-order valence-electron chi connectivity index (χ4n) is 2.61. The molecule has 0 spiro atoms. The first-order chi connectivity index (χ1) is 12.7. The van der Waals surface area contributed by atoms with Crippen molar-refractivity contribution in [2.45, 2.75) is 11.4 Å². The maximum absolute atomic E-state index is 12.3. The number of thiazole rings is 1. The molecule has 0 saturated heterocycles. The van der Waals surface area contributed by atoms with E-state index in [-0.39, 0.29) is 5.91 Å². The van der Waals surface area contributed by atoms with Gasteiger partial charge in [-0.2, -0.15) is 0 Å². The van der Waals surface area contributed by atoms with Crippen molar-refractivity contribution in [2.75, 3.05) is 25.2 Å². The summed E-state index contributed by atoms with van der Waals surface area (Å²) >= 11 is 3.25. The standard InChI is InChI=1S/C20H21N3OS2/c1-23(13-19(24)22-17-10-6-7-11-18(17)25-2)12-16-14-26-20(21-16)15-8-4-3-5-9-15/h3-11,14H,12-13H2,1-2H3,(H,22,24). The molecular weight excluding hydrogens is 362 g/mol. The molecule has 2 aromatic carbocycles. The number of benzene rings is 2. The molecule has 0 aliphatic carbocycles. The first-order valence-electron chi connectivity index (χ1n) is 8.27. The van der Waals surface area contributed by atoms with E-state index < -0.39 is 0 Å². The van der Waals surface area contributed by atoms with Gasteiger partial charge in [0.1, 0.15) is 5.01 Å². The van der Waals surface area contributed by atoms with Crippen molar-refractivity contribution in [1.82, 2.24) is 9.88 Å². The van der Waals surface area contributed by atoms with Crippen LogP contribution in [0.1, 0.15) is 5.69 Å². The van der Waals surface area contributed by atoms with Gasteiger partial charge in [0.2, 0.25) is 5.91 Å². The number of amides is 1. The molecule has 0 radical (unpaired) electrons. The number of anilines is 1. The summed E-state index contributed by atoms with van der Waals surface area (Å²) in [6.07, 6.45) is 2.00. The topological polar surface area (TPSA) is 45.2 Å². The lowest BCUT2D eigenvalue weighted by Crippen LogP contribution is -2.30. The molecule has 3 aromatic rings. The molecule has 0 aliphatic rings. The smallest absolute Gasteiger partial charge is 0.238 e. The van der Waals surface area contributed by atoms with Crippen molar-refractivity contribution in [3.63, 3.8) is 0 Å². The molecule has 4 nitrogen and oxygen atoms in total. The van der Waals surface area contributed by atoms with Gasteiger partial charge in [-0.15, -0.1) is 23.1 Å². The minimum absolute atomic E-state index is 0.0208. The van der Waals surface area contributed by atoms with E-state index in [9.17, 15) is 4.79 Å². The van der Waals surface area contributed by atoms with Crippen molar-refractivity contribution in [3.8, 4) is 10.6 Å². The minimum Gasteiger partial charge on any atom is -0.324 e. The lowest BCUT2D eigenvalue weighted by Gasteiger charge is -2.16. The summed E-state index contributed by atoms with van der Waals surface area (Å²) in [6, 6.07) is 18.0. The van der Waals surface area contributed by atoms with Crippen LogP contribution >= 0.6 is 23.1 Å². The number of thioether (sulfide) groups is 1. The summed E-state index contributed by atoms with van der Waals surface area (Å²) in [7, 11) is 1.93. The van der Waals surface area contributed by atoms with Crippen LogP contribution in [0, 0.1) is 0 Å². The predicted molar refractivity (Wildman–Crippen MR) is 111 cm³/mol. The lowest BCUT2D eigenvalue weighted by molar-refractivity contribution is -0.117. The Balaban J connectivity index is 1.56. The highest BCUT2D eigenvalue weighted by Gasteiger charge is 2.11. The molecule has 0 atom stereocenters. The number of carbonyl (C=O) groups is 1. The van der Waals surface area contributed by atoms with Crippen molar-refractivity contribution >= 4 is 34.7 Å². The van der Waals surface area contributed by atoms with Crippen LogP contribution in [0.4, 0.5) is 5.69 Å². The van der Waals surface area contributed by atoms with Crippen molar-refractivity contribution in [2.24, 2.45) is 0 Å². The van der Waals surface area contributed by atoms with Gasteiger partial charge >= 0.3 is 0 Å². The van der Waals surface area contributed by atoms with E-state index in [0.29, 0.717) is 13.1 Å². The van der Waals surface area contributed by atoms with Gasteiger partial charge < -0.3 is 5.32 Å². The van der Waals surface area contributed by atoms with Crippen LogP contribution in [-0.4, -0.2) is 35.6 Å². The molecule has 3 rings (SSSR count). The van der Waals surface area contributed by atoms with E-state index in [1.54, 1.807) is 23.1 Å². The second-order valence-electron chi connectivity index (χ2n) is 5.93. The molecule has 0 unspecified atom stereocenters. The number of carbonyl (C=O) groups excluding carboxylic acids is 1. The summed E-state index contributed by atoms with van der Waals surface area (Å²) in [6.45, 7) is 0.960. The summed E-state index contributed by atoms with van der Waals surface area (Å²) < 4.78 is 0. The van der Waals surface area contributed by atoms with Crippen LogP contribution in [-0.2, 0) is 11.3 Å². The highest BCUT2D eigenvalue weighted by molar-refractivity contribution is 7.98. The molecule has 1 heterocycles. The summed E-state index contributed by atoms with van der Waals surface area (Å²) in [5.41, 5.74) is 2.96. The van der Waals surface area contributed by atoms with E-state index in [1.165, 1.54) is 0 Å². The van der Waals surface area contributed by atoms with Crippen LogP contribution in [0.5, 0.6) is 0 Å². The summed E-state index contributed by atoms with van der Waals surface area (Å²) in [5, 5.41) is 6.05. The lowest BCUT2D eigenvalue weighted by atomic mass is 10.2. The Morgan fingerprint density at radius 3 is 2.65 bits per heavy atom. The number of rotatable bonds is 7. The summed E-state index contributed by atoms with van der Waals surface area (Å²) in [4.78, 5) is 20.0. The zero-order valence-electron chi connectivity index (χ0n) is 14.8. The molecule has 0 fully saturated rings. The molecule has 0 aliphatic heterocycles. The van der Waals surface area contributed by atoms with Gasteiger partial charge in [0.05, 0.1) is 17.9 Å². The predicted octanol–water partition coefficient (Wildman–Crippen LogP) is 4.60. The third kappa shape index (κ3) is 4.94. The van der Waals surface area contributed by atoms with Gasteiger partial charge in [-0.25, -0.2) is 4.98 Å². The van der Waals surface area contributed by atoms with E-state index in [0.717, 1.165) is 26.8 Å². The van der Waals surface area contributed by atoms with Crippen LogP contribution in [0.25, 0.3) is 10.6 Å². The van der Waals surface area contributed by atoms with Crippen molar-refractivity contribution < 1.29 is 4.79 Å². The monoisotopic (exact) mass is 383 g/mol. The molecule has 0 saturated carbocycles. The maximum atomic E-state index is 12.3. The fourth-order valence-corrected chi connectivity index (χ4v) is 3.98. The van der Waals surface area contributed by atoms with Gasteiger partial charge in [0, 0.05) is 22.4 Å². The number of nitrogens with one attached hydrogen (secondary N) is 1. The Labute approximate surface area is 162 Å². The second-order valence-corrected chi connectivity index (χ2v) is 7.64. The van der Waals surface area contributed by atoms with Crippen LogP contribution in [0.3, 0.4) is 0 Å². The number of aromatic nitrogens is 1.